The number of fused-ring (bicyclic) bond motifs is 1. The molecule has 6 heteroatoms. The van der Waals surface area contributed by atoms with E-state index in [0.29, 0.717) is 11.5 Å². The average molecular weight is 368 g/mol. The number of hydrogen-bond acceptors (Lipinski definition) is 6. The van der Waals surface area contributed by atoms with Gasteiger partial charge in [0, 0.05) is 6.07 Å². The third-order valence-electron chi connectivity index (χ3n) is 5.31. The maximum Gasteiger partial charge on any atom is 0.235 e. The maximum absolute atomic E-state index is 12.6. The molecule has 27 heavy (non-hydrogen) atoms. The highest BCUT2D eigenvalue weighted by Crippen LogP contribution is 2.42. The molecule has 1 aromatic heterocycles. The van der Waals surface area contributed by atoms with Gasteiger partial charge in [0.15, 0.2) is 17.3 Å². The van der Waals surface area contributed by atoms with Crippen molar-refractivity contribution in [2.24, 2.45) is 0 Å². The third-order valence-corrected chi connectivity index (χ3v) is 5.31. The van der Waals surface area contributed by atoms with Crippen molar-refractivity contribution in [3.8, 4) is 34.3 Å². The minimum Gasteiger partial charge on any atom is -0.507 e. The highest BCUT2D eigenvalue weighted by atomic mass is 16.4. The van der Waals surface area contributed by atoms with Gasteiger partial charge in [0.1, 0.15) is 11.3 Å². The molecular formula is C21H20O6. The van der Waals surface area contributed by atoms with Gasteiger partial charge in [-0.05, 0) is 42.5 Å². The van der Waals surface area contributed by atoms with Gasteiger partial charge in [-0.25, -0.2) is 0 Å². The molecule has 1 aliphatic rings. The molecule has 0 saturated heterocycles. The van der Waals surface area contributed by atoms with Crippen LogP contribution in [0.1, 0.15) is 43.6 Å². The lowest BCUT2D eigenvalue weighted by Gasteiger charge is -2.22. The molecule has 4 rings (SSSR count). The molecule has 0 aliphatic heterocycles. The number of aromatic hydroxyl groups is 4. The largest absolute Gasteiger partial charge is 0.507 e. The standard InChI is InChI=1S/C21H20O6/c22-15-10-17(24)16(23)9-14(15)21-20(26)19(25)13-7-6-12(8-18(13)27-21)11-4-2-1-3-5-11/h6-11,22-24,26H,1-5H2. The fourth-order valence-corrected chi connectivity index (χ4v) is 3.82. The first-order chi connectivity index (χ1) is 13.0. The van der Waals surface area contributed by atoms with Crippen molar-refractivity contribution in [2.75, 3.05) is 0 Å². The first-order valence-corrected chi connectivity index (χ1v) is 9.00. The van der Waals surface area contributed by atoms with Crippen LogP contribution in [0.25, 0.3) is 22.3 Å². The molecule has 0 spiro atoms. The fourth-order valence-electron chi connectivity index (χ4n) is 3.82. The fraction of sp³-hybridized carbons (Fsp3) is 0.286. The van der Waals surface area contributed by atoms with Gasteiger partial charge in [-0.15, -0.1) is 0 Å². The molecule has 0 amide bonds. The Kier molecular flexibility index (Phi) is 4.18. The molecule has 2 aromatic carbocycles. The summed E-state index contributed by atoms with van der Waals surface area (Å²) in [4.78, 5) is 12.6. The van der Waals surface area contributed by atoms with Crippen LogP contribution >= 0.6 is 0 Å². The number of phenolic OH excluding ortho intramolecular Hbond substituents is 3. The summed E-state index contributed by atoms with van der Waals surface area (Å²) in [5.74, 6) is -1.93. The van der Waals surface area contributed by atoms with E-state index in [1.807, 2.05) is 12.1 Å². The van der Waals surface area contributed by atoms with E-state index < -0.39 is 28.4 Å². The monoisotopic (exact) mass is 368 g/mol. The van der Waals surface area contributed by atoms with E-state index in [4.69, 9.17) is 4.42 Å². The molecule has 1 saturated carbocycles. The SMILES string of the molecule is O=c1c(O)c(-c2cc(O)c(O)cc2O)oc2cc(C3CCCCC3)ccc12. The van der Waals surface area contributed by atoms with E-state index in [0.717, 1.165) is 30.5 Å². The lowest BCUT2D eigenvalue weighted by Crippen LogP contribution is -2.06. The van der Waals surface area contributed by atoms with Gasteiger partial charge < -0.3 is 24.8 Å². The van der Waals surface area contributed by atoms with Gasteiger partial charge in [-0.2, -0.15) is 0 Å². The molecule has 4 N–H and O–H groups in total. The number of phenols is 3. The van der Waals surface area contributed by atoms with E-state index in [9.17, 15) is 25.2 Å². The van der Waals surface area contributed by atoms with E-state index in [-0.39, 0.29) is 16.7 Å². The Labute approximate surface area is 154 Å². The molecule has 0 radical (unpaired) electrons. The second kappa shape index (κ2) is 6.54. The summed E-state index contributed by atoms with van der Waals surface area (Å²) in [6, 6.07) is 7.33. The van der Waals surface area contributed by atoms with Crippen LogP contribution < -0.4 is 5.43 Å². The Morgan fingerprint density at radius 3 is 2.30 bits per heavy atom. The van der Waals surface area contributed by atoms with E-state index >= 15 is 0 Å². The predicted molar refractivity (Wildman–Crippen MR) is 100 cm³/mol. The summed E-state index contributed by atoms with van der Waals surface area (Å²) >= 11 is 0. The Bertz CT molecular complexity index is 1080. The lowest BCUT2D eigenvalue weighted by molar-refractivity contribution is 0.395. The molecule has 140 valence electrons. The van der Waals surface area contributed by atoms with Crippen molar-refractivity contribution in [3.05, 3.63) is 46.1 Å². The van der Waals surface area contributed by atoms with Crippen LogP contribution in [0, 0.1) is 0 Å². The first kappa shape index (κ1) is 17.3. The van der Waals surface area contributed by atoms with Crippen LogP contribution in [0.3, 0.4) is 0 Å². The second-order valence-corrected chi connectivity index (χ2v) is 7.06. The summed E-state index contributed by atoms with van der Waals surface area (Å²) in [5.41, 5.74) is 0.695. The lowest BCUT2D eigenvalue weighted by atomic mass is 9.84. The Morgan fingerprint density at radius 2 is 1.56 bits per heavy atom. The Hall–Kier alpha value is -3.15. The van der Waals surface area contributed by atoms with Crippen molar-refractivity contribution < 1.29 is 24.8 Å². The van der Waals surface area contributed by atoms with Gasteiger partial charge in [-0.3, -0.25) is 4.79 Å². The summed E-state index contributed by atoms with van der Waals surface area (Å²) in [6.07, 6.45) is 5.77. The quantitative estimate of drug-likeness (QED) is 0.396. The van der Waals surface area contributed by atoms with Gasteiger partial charge in [0.2, 0.25) is 11.2 Å². The van der Waals surface area contributed by atoms with Crippen molar-refractivity contribution in [3.63, 3.8) is 0 Å². The van der Waals surface area contributed by atoms with Crippen LogP contribution in [0.15, 0.2) is 39.5 Å². The van der Waals surface area contributed by atoms with E-state index in [1.165, 1.54) is 19.3 Å². The molecular weight excluding hydrogens is 348 g/mol. The van der Waals surface area contributed by atoms with E-state index in [2.05, 4.69) is 0 Å². The molecule has 0 bridgehead atoms. The van der Waals surface area contributed by atoms with Crippen molar-refractivity contribution in [1.82, 2.24) is 0 Å². The summed E-state index contributed by atoms with van der Waals surface area (Å²) < 4.78 is 5.76. The third kappa shape index (κ3) is 2.97. The molecule has 0 unspecified atom stereocenters. The van der Waals surface area contributed by atoms with Gasteiger partial charge >= 0.3 is 0 Å². The number of hydrogen-bond donors (Lipinski definition) is 4. The number of benzene rings is 2. The first-order valence-electron chi connectivity index (χ1n) is 9.00. The molecule has 6 nitrogen and oxygen atoms in total. The summed E-state index contributed by atoms with van der Waals surface area (Å²) in [6.45, 7) is 0. The van der Waals surface area contributed by atoms with E-state index in [1.54, 1.807) is 6.07 Å². The van der Waals surface area contributed by atoms with Gasteiger partial charge in [0.05, 0.1) is 10.9 Å². The molecule has 1 aliphatic carbocycles. The van der Waals surface area contributed by atoms with Crippen LogP contribution in [0.5, 0.6) is 23.0 Å². The van der Waals surface area contributed by atoms with Crippen LogP contribution in [-0.2, 0) is 0 Å². The molecule has 1 fully saturated rings. The normalized spacial score (nSPS) is 15.3. The van der Waals surface area contributed by atoms with Gasteiger partial charge in [0.25, 0.3) is 0 Å². The average Bonchev–Trinajstić information content (AvgIpc) is 2.68. The minimum absolute atomic E-state index is 0.0788. The molecule has 3 aromatic rings. The molecule has 0 atom stereocenters. The summed E-state index contributed by atoms with van der Waals surface area (Å²) in [5, 5.41) is 39.8. The zero-order valence-corrected chi connectivity index (χ0v) is 14.6. The highest BCUT2D eigenvalue weighted by molar-refractivity contribution is 5.84. The zero-order chi connectivity index (χ0) is 19.1. The van der Waals surface area contributed by atoms with Crippen LogP contribution in [-0.4, -0.2) is 20.4 Å². The Balaban J connectivity index is 1.90. The predicted octanol–water partition coefficient (Wildman–Crippen LogP) is 4.33. The second-order valence-electron chi connectivity index (χ2n) is 7.06. The number of rotatable bonds is 2. The zero-order valence-electron chi connectivity index (χ0n) is 14.6. The van der Waals surface area contributed by atoms with Crippen molar-refractivity contribution in [1.29, 1.82) is 0 Å². The highest BCUT2D eigenvalue weighted by Gasteiger charge is 2.22. The minimum atomic E-state index is -0.659. The van der Waals surface area contributed by atoms with Crippen molar-refractivity contribution in [2.45, 2.75) is 38.0 Å². The molecule has 1 heterocycles. The Morgan fingerprint density at radius 1 is 0.852 bits per heavy atom. The summed E-state index contributed by atoms with van der Waals surface area (Å²) in [7, 11) is 0. The smallest absolute Gasteiger partial charge is 0.235 e. The van der Waals surface area contributed by atoms with Crippen molar-refractivity contribution >= 4 is 11.0 Å². The van der Waals surface area contributed by atoms with Gasteiger partial charge in [-0.1, -0.05) is 25.3 Å². The maximum atomic E-state index is 12.6. The van der Waals surface area contributed by atoms with Crippen LogP contribution in [0.4, 0.5) is 0 Å². The van der Waals surface area contributed by atoms with Crippen LogP contribution in [0.2, 0.25) is 0 Å². The topological polar surface area (TPSA) is 111 Å².